The molecule has 1 aromatic heterocycles. The zero-order chi connectivity index (χ0) is 19.4. The van der Waals surface area contributed by atoms with E-state index in [1.165, 1.54) is 34.4 Å². The van der Waals surface area contributed by atoms with Crippen molar-refractivity contribution in [2.45, 2.75) is 6.04 Å². The Morgan fingerprint density at radius 3 is 2.67 bits per heavy atom. The fourth-order valence-corrected chi connectivity index (χ4v) is 3.68. The summed E-state index contributed by atoms with van der Waals surface area (Å²) in [6.07, 6.45) is 0. The van der Waals surface area contributed by atoms with E-state index >= 15 is 0 Å². The quantitative estimate of drug-likeness (QED) is 0.533. The van der Waals surface area contributed by atoms with Gasteiger partial charge in [-0.1, -0.05) is 24.3 Å². The molecule has 0 saturated carbocycles. The van der Waals surface area contributed by atoms with Crippen molar-refractivity contribution >= 4 is 23.0 Å². The highest BCUT2D eigenvalue weighted by Crippen LogP contribution is 2.40. The molecular weight excluding hydrogens is 373 g/mol. The van der Waals surface area contributed by atoms with Crippen LogP contribution in [-0.4, -0.2) is 53.2 Å². The van der Waals surface area contributed by atoms with E-state index in [-0.39, 0.29) is 37.5 Å². The standard InChI is InChI=1S/C19H18FNO5S/c20-13-5-2-1-4-12(13)16-15(17(23)14-6-3-11-27-14)18(24)19(25)21(16)7-9-26-10-8-22/h1-6,11,16,22,24H,7-10H2. The highest BCUT2D eigenvalue weighted by atomic mass is 32.1. The topological polar surface area (TPSA) is 87.1 Å². The molecule has 0 spiro atoms. The van der Waals surface area contributed by atoms with E-state index in [9.17, 15) is 19.1 Å². The van der Waals surface area contributed by atoms with Gasteiger partial charge < -0.3 is 19.8 Å². The highest BCUT2D eigenvalue weighted by Gasteiger charge is 2.44. The summed E-state index contributed by atoms with van der Waals surface area (Å²) in [4.78, 5) is 27.1. The van der Waals surface area contributed by atoms with Gasteiger partial charge in [-0.2, -0.15) is 0 Å². The maximum Gasteiger partial charge on any atom is 0.290 e. The van der Waals surface area contributed by atoms with E-state index in [0.29, 0.717) is 4.88 Å². The van der Waals surface area contributed by atoms with Crippen LogP contribution in [0.15, 0.2) is 53.1 Å². The van der Waals surface area contributed by atoms with Crippen molar-refractivity contribution in [2.24, 2.45) is 0 Å². The SMILES string of the molecule is O=C(C1=C(O)C(=O)N(CCOCCO)C1c1ccccc1F)c1cccs1. The number of rotatable bonds is 8. The van der Waals surface area contributed by atoms with Gasteiger partial charge in [0.2, 0.25) is 5.78 Å². The molecule has 0 fully saturated rings. The van der Waals surface area contributed by atoms with Crippen molar-refractivity contribution in [3.05, 3.63) is 69.4 Å². The fourth-order valence-electron chi connectivity index (χ4n) is 3.01. The molecule has 3 rings (SSSR count). The van der Waals surface area contributed by atoms with Gasteiger partial charge in [0.05, 0.1) is 36.3 Å². The summed E-state index contributed by atoms with van der Waals surface area (Å²) in [5, 5.41) is 20.9. The zero-order valence-electron chi connectivity index (χ0n) is 14.3. The van der Waals surface area contributed by atoms with Crippen LogP contribution in [0.3, 0.4) is 0 Å². The van der Waals surface area contributed by atoms with Crippen molar-refractivity contribution in [1.29, 1.82) is 0 Å². The molecule has 142 valence electrons. The van der Waals surface area contributed by atoms with Crippen molar-refractivity contribution < 1.29 is 28.9 Å². The molecule has 8 heteroatoms. The Bertz CT molecular complexity index is 865. The molecule has 1 amide bonds. The largest absolute Gasteiger partial charge is 0.503 e. The Morgan fingerprint density at radius 2 is 2.00 bits per heavy atom. The third kappa shape index (κ3) is 3.78. The first-order valence-electron chi connectivity index (χ1n) is 8.31. The molecule has 0 bridgehead atoms. The monoisotopic (exact) mass is 391 g/mol. The second-order valence-electron chi connectivity index (χ2n) is 5.83. The van der Waals surface area contributed by atoms with E-state index in [4.69, 9.17) is 9.84 Å². The minimum atomic E-state index is -1.05. The number of carbonyl (C=O) groups is 2. The average Bonchev–Trinajstić information content (AvgIpc) is 3.28. The fraction of sp³-hybridized carbons (Fsp3) is 0.263. The van der Waals surface area contributed by atoms with E-state index in [0.717, 1.165) is 0 Å². The molecule has 2 N–H and O–H groups in total. The summed E-state index contributed by atoms with van der Waals surface area (Å²) in [5.41, 5.74) is -0.0216. The number of nitrogens with zero attached hydrogens (tertiary/aromatic N) is 1. The lowest BCUT2D eigenvalue weighted by molar-refractivity contribution is -0.130. The molecule has 1 unspecified atom stereocenters. The van der Waals surface area contributed by atoms with Gasteiger partial charge >= 0.3 is 0 Å². The number of Topliss-reactive ketones (excluding diaryl/α,β-unsaturated/α-hetero) is 1. The lowest BCUT2D eigenvalue weighted by atomic mass is 9.95. The van der Waals surface area contributed by atoms with Crippen LogP contribution < -0.4 is 0 Å². The highest BCUT2D eigenvalue weighted by molar-refractivity contribution is 7.12. The number of hydrogen-bond acceptors (Lipinski definition) is 6. The molecule has 2 aromatic rings. The number of ether oxygens (including phenoxy) is 1. The molecular formula is C19H18FNO5S. The Balaban J connectivity index is 2.00. The minimum Gasteiger partial charge on any atom is -0.503 e. The van der Waals surface area contributed by atoms with Gasteiger partial charge in [-0.25, -0.2) is 4.39 Å². The summed E-state index contributed by atoms with van der Waals surface area (Å²) in [7, 11) is 0. The van der Waals surface area contributed by atoms with Gasteiger partial charge in [0.15, 0.2) is 5.76 Å². The average molecular weight is 391 g/mol. The van der Waals surface area contributed by atoms with E-state index < -0.39 is 29.3 Å². The molecule has 1 atom stereocenters. The summed E-state index contributed by atoms with van der Waals surface area (Å²) in [6.45, 7) is 0.0250. The lowest BCUT2D eigenvalue weighted by Gasteiger charge is -2.27. The number of benzene rings is 1. The number of halogens is 1. The molecule has 6 nitrogen and oxygen atoms in total. The normalized spacial score (nSPS) is 17.0. The first-order chi connectivity index (χ1) is 13.1. The molecule has 2 heterocycles. The van der Waals surface area contributed by atoms with Crippen LogP contribution in [0, 0.1) is 5.82 Å². The lowest BCUT2D eigenvalue weighted by Crippen LogP contribution is -2.34. The van der Waals surface area contributed by atoms with Crippen molar-refractivity contribution in [1.82, 2.24) is 4.90 Å². The molecule has 1 aromatic carbocycles. The Labute approximate surface area is 159 Å². The number of aliphatic hydroxyl groups excluding tert-OH is 2. The van der Waals surface area contributed by atoms with Crippen LogP contribution in [0.5, 0.6) is 0 Å². The van der Waals surface area contributed by atoms with Crippen LogP contribution in [0.1, 0.15) is 21.3 Å². The molecule has 0 saturated heterocycles. The van der Waals surface area contributed by atoms with Gasteiger partial charge in [0.25, 0.3) is 5.91 Å². The Kier molecular flexibility index (Phi) is 6.00. The maximum atomic E-state index is 14.5. The molecule has 27 heavy (non-hydrogen) atoms. The Morgan fingerprint density at radius 1 is 1.22 bits per heavy atom. The van der Waals surface area contributed by atoms with Gasteiger partial charge in [0.1, 0.15) is 5.82 Å². The molecule has 0 radical (unpaired) electrons. The van der Waals surface area contributed by atoms with Crippen molar-refractivity contribution in [2.75, 3.05) is 26.4 Å². The van der Waals surface area contributed by atoms with Gasteiger partial charge in [-0.3, -0.25) is 9.59 Å². The van der Waals surface area contributed by atoms with Crippen molar-refractivity contribution in [3.63, 3.8) is 0 Å². The second-order valence-corrected chi connectivity index (χ2v) is 6.77. The maximum absolute atomic E-state index is 14.5. The van der Waals surface area contributed by atoms with Crippen LogP contribution in [0.4, 0.5) is 4.39 Å². The first kappa shape index (κ1) is 19.2. The number of thiophene rings is 1. The summed E-state index contributed by atoms with van der Waals surface area (Å²) < 4.78 is 19.7. The van der Waals surface area contributed by atoms with E-state index in [1.54, 1.807) is 23.6 Å². The minimum absolute atomic E-state index is 0.0309. The van der Waals surface area contributed by atoms with Crippen LogP contribution >= 0.6 is 11.3 Å². The number of hydrogen-bond donors (Lipinski definition) is 2. The first-order valence-corrected chi connectivity index (χ1v) is 9.19. The predicted molar refractivity (Wildman–Crippen MR) is 97.1 cm³/mol. The number of carbonyl (C=O) groups excluding carboxylic acids is 2. The van der Waals surface area contributed by atoms with Gasteiger partial charge in [-0.05, 0) is 17.5 Å². The van der Waals surface area contributed by atoms with Gasteiger partial charge in [-0.15, -0.1) is 11.3 Å². The zero-order valence-corrected chi connectivity index (χ0v) is 15.1. The summed E-state index contributed by atoms with van der Waals surface area (Å²) >= 11 is 1.18. The smallest absolute Gasteiger partial charge is 0.290 e. The van der Waals surface area contributed by atoms with Crippen LogP contribution in [0.25, 0.3) is 0 Å². The number of aliphatic hydroxyl groups is 2. The summed E-state index contributed by atoms with van der Waals surface area (Å²) in [5.74, 6) is -2.52. The van der Waals surface area contributed by atoms with E-state index in [2.05, 4.69) is 0 Å². The molecule has 1 aliphatic rings. The van der Waals surface area contributed by atoms with Crippen LogP contribution in [-0.2, 0) is 9.53 Å². The second kappa shape index (κ2) is 8.43. The summed E-state index contributed by atoms with van der Waals surface area (Å²) in [6, 6.07) is 8.05. The third-order valence-corrected chi connectivity index (χ3v) is 5.07. The Hall–Kier alpha value is -2.55. The van der Waals surface area contributed by atoms with Crippen molar-refractivity contribution in [3.8, 4) is 0 Å². The molecule has 1 aliphatic heterocycles. The number of amides is 1. The van der Waals surface area contributed by atoms with Gasteiger partial charge in [0, 0.05) is 12.1 Å². The predicted octanol–water partition coefficient (Wildman–Crippen LogP) is 2.47. The molecule has 0 aliphatic carbocycles. The van der Waals surface area contributed by atoms with E-state index in [1.807, 2.05) is 0 Å². The third-order valence-electron chi connectivity index (χ3n) is 4.21. The number of ketones is 1. The van der Waals surface area contributed by atoms with Crippen LogP contribution in [0.2, 0.25) is 0 Å².